The van der Waals surface area contributed by atoms with Gasteiger partial charge in [0.25, 0.3) is 5.91 Å². The van der Waals surface area contributed by atoms with Gasteiger partial charge in [0.2, 0.25) is 10.0 Å². The minimum absolute atomic E-state index is 0.0749. The van der Waals surface area contributed by atoms with E-state index < -0.39 is 28.5 Å². The third-order valence-electron chi connectivity index (χ3n) is 4.91. The Hall–Kier alpha value is -3.41. The van der Waals surface area contributed by atoms with Crippen LogP contribution in [-0.2, 0) is 29.1 Å². The summed E-state index contributed by atoms with van der Waals surface area (Å²) in [6.07, 6.45) is 2.75. The van der Waals surface area contributed by atoms with Crippen molar-refractivity contribution >= 4 is 33.7 Å². The highest BCUT2D eigenvalue weighted by molar-refractivity contribution is 7.89. The maximum atomic E-state index is 13.0. The molecule has 0 aliphatic carbocycles. The number of carbonyl (C=O) groups is 2. The van der Waals surface area contributed by atoms with E-state index in [0.717, 1.165) is 5.56 Å². The summed E-state index contributed by atoms with van der Waals surface area (Å²) in [5, 5.41) is 2.53. The molecule has 1 saturated heterocycles. The fourth-order valence-electron chi connectivity index (χ4n) is 3.14. The molecule has 0 unspecified atom stereocenters. The minimum Gasteiger partial charge on any atom is -0.497 e. The number of hydrogen-bond acceptors (Lipinski definition) is 8. The molecule has 1 aliphatic heterocycles. The zero-order chi connectivity index (χ0) is 24.6. The quantitative estimate of drug-likeness (QED) is 0.418. The number of esters is 1. The van der Waals surface area contributed by atoms with Gasteiger partial charge in [-0.25, -0.2) is 13.2 Å². The molecule has 0 spiro atoms. The monoisotopic (exact) mass is 490 g/mol. The summed E-state index contributed by atoms with van der Waals surface area (Å²) < 4.78 is 47.8. The standard InChI is InChI=1S/C23H26N2O8S/c1-30-19-7-3-17(4-8-19)5-10-23(27)33-16-22(26)24-18-6-9-20(31-2)21(15-18)34(28,29)25-11-13-32-14-12-25/h3-10,15H,11-14,16H2,1-2H3,(H,24,26)/b10-5+. The summed E-state index contributed by atoms with van der Waals surface area (Å²) in [7, 11) is -0.928. The van der Waals surface area contributed by atoms with E-state index in [1.54, 1.807) is 37.5 Å². The van der Waals surface area contributed by atoms with Crippen molar-refractivity contribution in [1.29, 1.82) is 0 Å². The molecule has 1 fully saturated rings. The van der Waals surface area contributed by atoms with Crippen molar-refractivity contribution in [2.75, 3.05) is 52.4 Å². The normalized spacial score (nSPS) is 14.5. The number of benzene rings is 2. The van der Waals surface area contributed by atoms with Crippen molar-refractivity contribution in [2.45, 2.75) is 4.90 Å². The number of amides is 1. The van der Waals surface area contributed by atoms with Gasteiger partial charge < -0.3 is 24.3 Å². The first-order valence-corrected chi connectivity index (χ1v) is 11.8. The predicted octanol–water partition coefficient (Wildman–Crippen LogP) is 1.92. The maximum Gasteiger partial charge on any atom is 0.331 e. The zero-order valence-corrected chi connectivity index (χ0v) is 19.7. The lowest BCUT2D eigenvalue weighted by Gasteiger charge is -2.26. The predicted molar refractivity (Wildman–Crippen MR) is 124 cm³/mol. The third-order valence-corrected chi connectivity index (χ3v) is 6.83. The van der Waals surface area contributed by atoms with E-state index in [1.165, 1.54) is 35.7 Å². The summed E-state index contributed by atoms with van der Waals surface area (Å²) in [6, 6.07) is 11.3. The molecule has 34 heavy (non-hydrogen) atoms. The van der Waals surface area contributed by atoms with Crippen LogP contribution in [0.25, 0.3) is 6.08 Å². The van der Waals surface area contributed by atoms with Gasteiger partial charge in [-0.2, -0.15) is 4.31 Å². The number of carbonyl (C=O) groups excluding carboxylic acids is 2. The van der Waals surface area contributed by atoms with E-state index in [9.17, 15) is 18.0 Å². The van der Waals surface area contributed by atoms with Crippen LogP contribution in [0, 0.1) is 0 Å². The Kier molecular flexibility index (Phi) is 8.63. The SMILES string of the molecule is COc1ccc(/C=C/C(=O)OCC(=O)Nc2ccc(OC)c(S(=O)(=O)N3CCOCC3)c2)cc1. The molecule has 0 bridgehead atoms. The van der Waals surface area contributed by atoms with Crippen molar-refractivity contribution < 1.29 is 37.0 Å². The van der Waals surface area contributed by atoms with Crippen LogP contribution in [0.1, 0.15) is 5.56 Å². The molecule has 10 nitrogen and oxygen atoms in total. The van der Waals surface area contributed by atoms with Crippen LogP contribution >= 0.6 is 0 Å². The Balaban J connectivity index is 1.60. The third kappa shape index (κ3) is 6.56. The minimum atomic E-state index is -3.85. The zero-order valence-electron chi connectivity index (χ0n) is 18.9. The van der Waals surface area contributed by atoms with Crippen LogP contribution < -0.4 is 14.8 Å². The van der Waals surface area contributed by atoms with Gasteiger partial charge in [0, 0.05) is 24.9 Å². The van der Waals surface area contributed by atoms with E-state index in [0.29, 0.717) is 19.0 Å². The van der Waals surface area contributed by atoms with Gasteiger partial charge >= 0.3 is 5.97 Å². The van der Waals surface area contributed by atoms with Gasteiger partial charge in [0.05, 0.1) is 27.4 Å². The average molecular weight is 491 g/mol. The highest BCUT2D eigenvalue weighted by atomic mass is 32.2. The van der Waals surface area contributed by atoms with Crippen LogP contribution in [0.4, 0.5) is 5.69 Å². The first kappa shape index (κ1) is 25.2. The lowest BCUT2D eigenvalue weighted by molar-refractivity contribution is -0.142. The molecule has 0 radical (unpaired) electrons. The summed E-state index contributed by atoms with van der Waals surface area (Å²) in [5.74, 6) is -0.474. The van der Waals surface area contributed by atoms with Crippen molar-refractivity contribution in [3.8, 4) is 11.5 Å². The lowest BCUT2D eigenvalue weighted by Crippen LogP contribution is -2.40. The van der Waals surface area contributed by atoms with Crippen LogP contribution in [0.2, 0.25) is 0 Å². The summed E-state index contributed by atoms with van der Waals surface area (Å²) in [4.78, 5) is 24.1. The molecule has 0 atom stereocenters. The molecule has 1 aliphatic rings. The smallest absolute Gasteiger partial charge is 0.331 e. The number of anilines is 1. The Morgan fingerprint density at radius 2 is 1.76 bits per heavy atom. The molecule has 2 aromatic carbocycles. The molecule has 3 rings (SSSR count). The Labute approximate surface area is 198 Å². The van der Waals surface area contributed by atoms with E-state index in [-0.39, 0.29) is 29.4 Å². The van der Waals surface area contributed by atoms with Crippen molar-refractivity contribution in [3.05, 3.63) is 54.1 Å². The van der Waals surface area contributed by atoms with Crippen LogP contribution in [0.5, 0.6) is 11.5 Å². The average Bonchev–Trinajstić information content (AvgIpc) is 2.87. The second-order valence-corrected chi connectivity index (χ2v) is 9.05. The molecule has 1 amide bonds. The van der Waals surface area contributed by atoms with E-state index >= 15 is 0 Å². The summed E-state index contributed by atoms with van der Waals surface area (Å²) >= 11 is 0. The second kappa shape index (κ2) is 11.6. The fourth-order valence-corrected chi connectivity index (χ4v) is 4.73. The van der Waals surface area contributed by atoms with Crippen molar-refractivity contribution in [3.63, 3.8) is 0 Å². The molecule has 1 heterocycles. The Morgan fingerprint density at radius 3 is 2.41 bits per heavy atom. The highest BCUT2D eigenvalue weighted by Gasteiger charge is 2.29. The molecule has 1 N–H and O–H groups in total. The Bertz CT molecular complexity index is 1140. The molecular formula is C23H26N2O8S. The number of hydrogen-bond donors (Lipinski definition) is 1. The van der Waals surface area contributed by atoms with Crippen LogP contribution in [0.15, 0.2) is 53.4 Å². The van der Waals surface area contributed by atoms with Gasteiger partial charge in [-0.15, -0.1) is 0 Å². The number of sulfonamides is 1. The molecule has 2 aromatic rings. The number of ether oxygens (including phenoxy) is 4. The summed E-state index contributed by atoms with van der Waals surface area (Å²) in [5.41, 5.74) is 0.983. The molecular weight excluding hydrogens is 464 g/mol. The van der Waals surface area contributed by atoms with E-state index in [4.69, 9.17) is 18.9 Å². The second-order valence-electron chi connectivity index (χ2n) is 7.14. The number of morpholine rings is 1. The van der Waals surface area contributed by atoms with Crippen LogP contribution in [0.3, 0.4) is 0 Å². The Morgan fingerprint density at radius 1 is 1.06 bits per heavy atom. The maximum absolute atomic E-state index is 13.0. The van der Waals surface area contributed by atoms with Crippen molar-refractivity contribution in [1.82, 2.24) is 4.31 Å². The van der Waals surface area contributed by atoms with Gasteiger partial charge in [-0.3, -0.25) is 4.79 Å². The van der Waals surface area contributed by atoms with Gasteiger partial charge in [-0.05, 0) is 42.0 Å². The van der Waals surface area contributed by atoms with Gasteiger partial charge in [-0.1, -0.05) is 12.1 Å². The first-order valence-electron chi connectivity index (χ1n) is 10.4. The number of rotatable bonds is 9. The van der Waals surface area contributed by atoms with Crippen molar-refractivity contribution in [2.24, 2.45) is 0 Å². The lowest BCUT2D eigenvalue weighted by atomic mass is 10.2. The first-order chi connectivity index (χ1) is 16.3. The molecule has 11 heteroatoms. The summed E-state index contributed by atoms with van der Waals surface area (Å²) in [6.45, 7) is 0.514. The molecule has 182 valence electrons. The van der Waals surface area contributed by atoms with Gasteiger partial charge in [0.1, 0.15) is 16.4 Å². The van der Waals surface area contributed by atoms with E-state index in [1.807, 2.05) is 0 Å². The largest absolute Gasteiger partial charge is 0.497 e. The number of nitrogens with zero attached hydrogens (tertiary/aromatic N) is 1. The van der Waals surface area contributed by atoms with E-state index in [2.05, 4.69) is 5.32 Å². The van der Waals surface area contributed by atoms with Gasteiger partial charge in [0.15, 0.2) is 6.61 Å². The highest BCUT2D eigenvalue weighted by Crippen LogP contribution is 2.30. The topological polar surface area (TPSA) is 120 Å². The molecule has 0 aromatic heterocycles. The molecule has 0 saturated carbocycles. The number of nitrogens with one attached hydrogen (secondary N) is 1. The van der Waals surface area contributed by atoms with Crippen LogP contribution in [-0.4, -0.2) is 71.7 Å². The fraction of sp³-hybridized carbons (Fsp3) is 0.304. The number of methoxy groups -OCH3 is 2.